The van der Waals surface area contributed by atoms with Crippen LogP contribution in [0.3, 0.4) is 0 Å². The molecule has 7 heteroatoms. The van der Waals surface area contributed by atoms with Gasteiger partial charge in [-0.1, -0.05) is 18.2 Å². The molecule has 1 N–H and O–H groups in total. The van der Waals surface area contributed by atoms with Crippen molar-refractivity contribution in [3.8, 4) is 17.2 Å². The summed E-state index contributed by atoms with van der Waals surface area (Å²) in [7, 11) is 0. The third-order valence-electron chi connectivity index (χ3n) is 6.18. The van der Waals surface area contributed by atoms with Gasteiger partial charge in [0.1, 0.15) is 5.75 Å². The molecule has 0 aliphatic carbocycles. The summed E-state index contributed by atoms with van der Waals surface area (Å²) in [4.78, 5) is 12.7. The number of fused-ring (bicyclic) bond motifs is 2. The maximum absolute atomic E-state index is 11.2. The number of ether oxygens (including phenoxy) is 3. The van der Waals surface area contributed by atoms with Crippen molar-refractivity contribution < 1.29 is 24.1 Å². The van der Waals surface area contributed by atoms with Crippen molar-refractivity contribution in [2.75, 3.05) is 26.5 Å². The second-order valence-corrected chi connectivity index (χ2v) is 8.06. The predicted molar refractivity (Wildman–Crippen MR) is 116 cm³/mol. The fourth-order valence-corrected chi connectivity index (χ4v) is 4.56. The molecule has 1 fully saturated rings. The van der Waals surface area contributed by atoms with Gasteiger partial charge < -0.3 is 28.8 Å². The third-order valence-corrected chi connectivity index (χ3v) is 6.18. The van der Waals surface area contributed by atoms with Crippen LogP contribution in [0.5, 0.6) is 17.2 Å². The van der Waals surface area contributed by atoms with Crippen LogP contribution >= 0.6 is 0 Å². The topological polar surface area (TPSA) is 73.2 Å². The van der Waals surface area contributed by atoms with Crippen molar-refractivity contribution in [2.24, 2.45) is 0 Å². The van der Waals surface area contributed by atoms with E-state index in [4.69, 9.17) is 14.2 Å². The largest absolute Gasteiger partial charge is 0.493 e. The lowest BCUT2D eigenvalue weighted by Crippen LogP contribution is -2.36. The summed E-state index contributed by atoms with van der Waals surface area (Å²) in [5.41, 5.74) is 2.55. The molecule has 0 spiro atoms. The Hall–Kier alpha value is -3.35. The Morgan fingerprint density at radius 2 is 1.90 bits per heavy atom. The minimum absolute atomic E-state index is 0.261. The highest BCUT2D eigenvalue weighted by molar-refractivity contribution is 5.84. The molecular weight excluding hydrogens is 396 g/mol. The zero-order valence-corrected chi connectivity index (χ0v) is 17.3. The number of para-hydroxylation sites is 1. The highest BCUT2D eigenvalue weighted by Crippen LogP contribution is 2.36. The maximum Gasteiger partial charge on any atom is 0.407 e. The van der Waals surface area contributed by atoms with E-state index >= 15 is 0 Å². The number of benzene rings is 2. The third kappa shape index (κ3) is 4.00. The first-order valence-electron chi connectivity index (χ1n) is 10.8. The van der Waals surface area contributed by atoms with Crippen LogP contribution in [-0.4, -0.2) is 47.2 Å². The van der Waals surface area contributed by atoms with Gasteiger partial charge >= 0.3 is 6.09 Å². The van der Waals surface area contributed by atoms with Crippen LogP contribution in [-0.2, 0) is 6.54 Å². The first-order valence-corrected chi connectivity index (χ1v) is 10.8. The van der Waals surface area contributed by atoms with Crippen LogP contribution in [0, 0.1) is 0 Å². The average molecular weight is 422 g/mol. The minimum atomic E-state index is -0.816. The zero-order valence-electron chi connectivity index (χ0n) is 17.3. The summed E-state index contributed by atoms with van der Waals surface area (Å²) >= 11 is 0. The number of carbonyl (C=O) groups is 1. The van der Waals surface area contributed by atoms with Crippen molar-refractivity contribution >= 4 is 17.0 Å². The Labute approximate surface area is 180 Å². The Kier molecular flexibility index (Phi) is 5.32. The number of likely N-dealkylation sites (tertiary alicyclic amines) is 1. The van der Waals surface area contributed by atoms with Gasteiger partial charge in [0.2, 0.25) is 6.79 Å². The van der Waals surface area contributed by atoms with E-state index < -0.39 is 6.09 Å². The lowest BCUT2D eigenvalue weighted by molar-refractivity contribution is 0.132. The molecule has 1 aromatic heterocycles. The Morgan fingerprint density at radius 1 is 1.10 bits per heavy atom. The number of aromatic nitrogens is 1. The molecule has 162 valence electrons. The monoisotopic (exact) mass is 422 g/mol. The number of carboxylic acid groups (broad SMARTS) is 1. The van der Waals surface area contributed by atoms with Crippen LogP contribution in [0.15, 0.2) is 48.7 Å². The lowest BCUT2D eigenvalue weighted by Gasteiger charge is -2.29. The van der Waals surface area contributed by atoms with E-state index in [0.717, 1.165) is 43.1 Å². The molecule has 0 atom stereocenters. The summed E-state index contributed by atoms with van der Waals surface area (Å²) < 4.78 is 19.0. The van der Waals surface area contributed by atoms with E-state index in [1.807, 2.05) is 18.2 Å². The van der Waals surface area contributed by atoms with Gasteiger partial charge in [0.15, 0.2) is 11.5 Å². The van der Waals surface area contributed by atoms with E-state index in [2.05, 4.69) is 35.0 Å². The molecule has 2 aliphatic rings. The molecule has 5 rings (SSSR count). The minimum Gasteiger partial charge on any atom is -0.493 e. The highest BCUT2D eigenvalue weighted by Gasteiger charge is 2.25. The van der Waals surface area contributed by atoms with Crippen LogP contribution in [0.1, 0.15) is 30.7 Å². The molecule has 1 saturated heterocycles. The molecule has 0 unspecified atom stereocenters. The van der Waals surface area contributed by atoms with Crippen molar-refractivity contribution in [3.05, 3.63) is 54.2 Å². The van der Waals surface area contributed by atoms with Crippen molar-refractivity contribution in [1.82, 2.24) is 9.47 Å². The van der Waals surface area contributed by atoms with Crippen molar-refractivity contribution in [2.45, 2.75) is 31.7 Å². The maximum atomic E-state index is 11.2. The summed E-state index contributed by atoms with van der Waals surface area (Å²) in [5.74, 6) is 2.67. The zero-order chi connectivity index (χ0) is 21.2. The van der Waals surface area contributed by atoms with E-state index in [1.165, 1.54) is 21.4 Å². The predicted octanol–water partition coefficient (Wildman–Crippen LogP) is 4.70. The molecule has 3 heterocycles. The number of aryl methyl sites for hydroxylation is 1. The first kappa shape index (κ1) is 19.6. The Balaban J connectivity index is 1.23. The summed E-state index contributed by atoms with van der Waals surface area (Å²) in [6.45, 7) is 2.93. The van der Waals surface area contributed by atoms with E-state index in [0.29, 0.717) is 25.6 Å². The van der Waals surface area contributed by atoms with Crippen molar-refractivity contribution in [1.29, 1.82) is 0 Å². The lowest BCUT2D eigenvalue weighted by atomic mass is 9.89. The fourth-order valence-electron chi connectivity index (χ4n) is 4.56. The number of piperidine rings is 1. The summed E-state index contributed by atoms with van der Waals surface area (Å²) in [6.07, 6.45) is 4.06. The summed E-state index contributed by atoms with van der Waals surface area (Å²) in [6, 6.07) is 14.1. The first-order chi connectivity index (χ1) is 15.2. The van der Waals surface area contributed by atoms with Crippen molar-refractivity contribution in [3.63, 3.8) is 0 Å². The van der Waals surface area contributed by atoms with E-state index in [-0.39, 0.29) is 6.79 Å². The molecule has 1 amide bonds. The standard InChI is InChI=1S/C24H26N2O5/c27-24(28)25-11-8-17(9-12-25)20-15-26(21-5-2-1-4-19(20)21)10-3-13-29-18-6-7-22-23(14-18)31-16-30-22/h1-2,4-7,14-15,17H,3,8-13,16H2,(H,27,28). The van der Waals surface area contributed by atoms with Gasteiger partial charge in [-0.2, -0.15) is 0 Å². The summed E-state index contributed by atoms with van der Waals surface area (Å²) in [5, 5.41) is 10.5. The average Bonchev–Trinajstić information content (AvgIpc) is 3.41. The van der Waals surface area contributed by atoms with Gasteiger partial charge in [-0.3, -0.25) is 0 Å². The molecule has 0 radical (unpaired) electrons. The Morgan fingerprint density at radius 3 is 2.74 bits per heavy atom. The van der Waals surface area contributed by atoms with Gasteiger partial charge in [0, 0.05) is 42.8 Å². The second kappa shape index (κ2) is 8.41. The smallest absolute Gasteiger partial charge is 0.407 e. The van der Waals surface area contributed by atoms with Crippen LogP contribution < -0.4 is 14.2 Å². The molecular formula is C24H26N2O5. The number of nitrogens with zero attached hydrogens (tertiary/aromatic N) is 2. The number of hydrogen-bond donors (Lipinski definition) is 1. The Bertz CT molecular complexity index is 1080. The molecule has 31 heavy (non-hydrogen) atoms. The van der Waals surface area contributed by atoms with E-state index in [9.17, 15) is 9.90 Å². The normalized spacial score (nSPS) is 16.1. The van der Waals surface area contributed by atoms with Gasteiger partial charge in [0.05, 0.1) is 6.61 Å². The molecule has 0 bridgehead atoms. The highest BCUT2D eigenvalue weighted by atomic mass is 16.7. The van der Waals surface area contributed by atoms with Gasteiger partial charge in [-0.05, 0) is 48.9 Å². The fraction of sp³-hybridized carbons (Fsp3) is 0.375. The quantitative estimate of drug-likeness (QED) is 0.583. The van der Waals surface area contributed by atoms with Gasteiger partial charge in [0.25, 0.3) is 0 Å². The second-order valence-electron chi connectivity index (χ2n) is 8.06. The molecule has 0 saturated carbocycles. The number of hydrogen-bond acceptors (Lipinski definition) is 4. The van der Waals surface area contributed by atoms with Crippen LogP contribution in [0.25, 0.3) is 10.9 Å². The van der Waals surface area contributed by atoms with Gasteiger partial charge in [-0.15, -0.1) is 0 Å². The SMILES string of the molecule is O=C(O)N1CCC(c2cn(CCCOc3ccc4c(c3)OCO4)c3ccccc23)CC1. The molecule has 7 nitrogen and oxygen atoms in total. The molecule has 3 aromatic rings. The molecule has 2 aromatic carbocycles. The molecule has 2 aliphatic heterocycles. The van der Waals surface area contributed by atoms with E-state index in [1.54, 1.807) is 0 Å². The van der Waals surface area contributed by atoms with Crippen LogP contribution in [0.4, 0.5) is 4.79 Å². The van der Waals surface area contributed by atoms with Gasteiger partial charge in [-0.25, -0.2) is 4.79 Å². The van der Waals surface area contributed by atoms with Crippen LogP contribution in [0.2, 0.25) is 0 Å². The number of amides is 1. The number of rotatable bonds is 6.